The number of aliphatic hydroxyl groups excluding tert-OH is 1. The molecule has 1 aliphatic rings. The van der Waals surface area contributed by atoms with Crippen molar-refractivity contribution in [2.24, 2.45) is 5.92 Å². The SMILES string of the molecule is O=C(CCOc1cccc(Cl)c1Cl)NCC1CCCC1O. The molecule has 2 unspecified atom stereocenters. The number of hydrogen-bond donors (Lipinski definition) is 2. The molecule has 0 radical (unpaired) electrons. The van der Waals surface area contributed by atoms with E-state index in [9.17, 15) is 9.90 Å². The summed E-state index contributed by atoms with van der Waals surface area (Å²) in [6, 6.07) is 5.13. The summed E-state index contributed by atoms with van der Waals surface area (Å²) in [5, 5.41) is 13.3. The maximum atomic E-state index is 11.7. The second kappa shape index (κ2) is 7.87. The van der Waals surface area contributed by atoms with Crippen LogP contribution in [0, 0.1) is 5.92 Å². The quantitative estimate of drug-likeness (QED) is 0.842. The lowest BCUT2D eigenvalue weighted by Gasteiger charge is -2.15. The van der Waals surface area contributed by atoms with Gasteiger partial charge in [0.25, 0.3) is 0 Å². The fourth-order valence-corrected chi connectivity index (χ4v) is 2.78. The number of halogens is 2. The van der Waals surface area contributed by atoms with E-state index >= 15 is 0 Å². The highest BCUT2D eigenvalue weighted by molar-refractivity contribution is 6.42. The van der Waals surface area contributed by atoms with Gasteiger partial charge in [0.05, 0.1) is 24.2 Å². The number of ether oxygens (including phenoxy) is 1. The highest BCUT2D eigenvalue weighted by Gasteiger charge is 2.25. The minimum atomic E-state index is -0.285. The molecule has 0 heterocycles. The van der Waals surface area contributed by atoms with Crippen molar-refractivity contribution in [1.82, 2.24) is 5.32 Å². The van der Waals surface area contributed by atoms with Crippen molar-refractivity contribution in [3.8, 4) is 5.75 Å². The second-order valence-corrected chi connectivity index (χ2v) is 6.00. The van der Waals surface area contributed by atoms with Crippen molar-refractivity contribution in [3.05, 3.63) is 28.2 Å². The molecule has 21 heavy (non-hydrogen) atoms. The molecule has 1 aromatic carbocycles. The maximum absolute atomic E-state index is 11.7. The summed E-state index contributed by atoms with van der Waals surface area (Å²) >= 11 is 11.9. The predicted molar refractivity (Wildman–Crippen MR) is 82.9 cm³/mol. The van der Waals surface area contributed by atoms with Crippen LogP contribution in [0.3, 0.4) is 0 Å². The zero-order chi connectivity index (χ0) is 15.2. The minimum absolute atomic E-state index is 0.0905. The van der Waals surface area contributed by atoms with E-state index in [1.54, 1.807) is 18.2 Å². The molecule has 1 fully saturated rings. The summed E-state index contributed by atoms with van der Waals surface area (Å²) in [5.74, 6) is 0.563. The molecule has 0 bridgehead atoms. The van der Waals surface area contributed by atoms with E-state index in [-0.39, 0.29) is 31.0 Å². The van der Waals surface area contributed by atoms with Crippen LogP contribution in [0.15, 0.2) is 18.2 Å². The number of rotatable bonds is 6. The smallest absolute Gasteiger partial charge is 0.223 e. The Labute approximate surface area is 134 Å². The fraction of sp³-hybridized carbons (Fsp3) is 0.533. The summed E-state index contributed by atoms with van der Waals surface area (Å²) < 4.78 is 5.45. The third kappa shape index (κ3) is 4.77. The lowest BCUT2D eigenvalue weighted by Crippen LogP contribution is -2.33. The first kappa shape index (κ1) is 16.4. The van der Waals surface area contributed by atoms with Gasteiger partial charge in [0, 0.05) is 12.5 Å². The molecule has 116 valence electrons. The normalized spacial score (nSPS) is 21.3. The summed E-state index contributed by atoms with van der Waals surface area (Å²) in [5.41, 5.74) is 0. The highest BCUT2D eigenvalue weighted by Crippen LogP contribution is 2.31. The molecule has 1 amide bonds. The first-order chi connectivity index (χ1) is 10.1. The molecular formula is C15H19Cl2NO3. The first-order valence-electron chi connectivity index (χ1n) is 7.09. The van der Waals surface area contributed by atoms with Gasteiger partial charge in [-0.25, -0.2) is 0 Å². The third-order valence-electron chi connectivity index (χ3n) is 3.68. The van der Waals surface area contributed by atoms with Crippen molar-refractivity contribution in [2.45, 2.75) is 31.8 Å². The second-order valence-electron chi connectivity index (χ2n) is 5.21. The van der Waals surface area contributed by atoms with Gasteiger partial charge < -0.3 is 15.2 Å². The van der Waals surface area contributed by atoms with E-state index in [2.05, 4.69) is 5.32 Å². The summed E-state index contributed by atoms with van der Waals surface area (Å²) in [6.07, 6.45) is 2.78. The van der Waals surface area contributed by atoms with Gasteiger partial charge in [-0.15, -0.1) is 0 Å². The van der Waals surface area contributed by atoms with Crippen LogP contribution in [-0.2, 0) is 4.79 Å². The van der Waals surface area contributed by atoms with Crippen LogP contribution in [0.5, 0.6) is 5.75 Å². The third-order valence-corrected chi connectivity index (χ3v) is 4.48. The lowest BCUT2D eigenvalue weighted by molar-refractivity contribution is -0.121. The molecule has 2 atom stereocenters. The average molecular weight is 332 g/mol. The van der Waals surface area contributed by atoms with Gasteiger partial charge in [0.15, 0.2) is 0 Å². The van der Waals surface area contributed by atoms with Crippen LogP contribution in [-0.4, -0.2) is 30.3 Å². The van der Waals surface area contributed by atoms with Gasteiger partial charge in [-0.3, -0.25) is 4.79 Å². The number of aliphatic hydroxyl groups is 1. The van der Waals surface area contributed by atoms with E-state index in [4.69, 9.17) is 27.9 Å². The molecule has 1 aromatic rings. The molecule has 6 heteroatoms. The van der Waals surface area contributed by atoms with Gasteiger partial charge >= 0.3 is 0 Å². The Balaban J connectivity index is 1.68. The van der Waals surface area contributed by atoms with E-state index in [0.717, 1.165) is 19.3 Å². The Morgan fingerprint density at radius 3 is 2.90 bits per heavy atom. The molecule has 0 spiro atoms. The van der Waals surface area contributed by atoms with Crippen LogP contribution in [0.4, 0.5) is 0 Å². The van der Waals surface area contributed by atoms with Crippen LogP contribution < -0.4 is 10.1 Å². The van der Waals surface area contributed by atoms with Gasteiger partial charge in [-0.05, 0) is 25.0 Å². The summed E-state index contributed by atoms with van der Waals surface area (Å²) in [4.78, 5) is 11.7. The number of carbonyl (C=O) groups excluding carboxylic acids is 1. The Morgan fingerprint density at radius 2 is 2.19 bits per heavy atom. The van der Waals surface area contributed by atoms with Crippen molar-refractivity contribution in [3.63, 3.8) is 0 Å². The van der Waals surface area contributed by atoms with Crippen molar-refractivity contribution < 1.29 is 14.6 Å². The van der Waals surface area contributed by atoms with Crippen LogP contribution in [0.2, 0.25) is 10.0 Å². The van der Waals surface area contributed by atoms with E-state index < -0.39 is 0 Å². The summed E-state index contributed by atoms with van der Waals surface area (Å²) in [7, 11) is 0. The van der Waals surface area contributed by atoms with Crippen LogP contribution in [0.25, 0.3) is 0 Å². The van der Waals surface area contributed by atoms with E-state index in [1.165, 1.54) is 0 Å². The summed E-state index contributed by atoms with van der Waals surface area (Å²) in [6.45, 7) is 0.761. The minimum Gasteiger partial charge on any atom is -0.491 e. The van der Waals surface area contributed by atoms with Gasteiger partial charge in [-0.1, -0.05) is 35.7 Å². The van der Waals surface area contributed by atoms with Gasteiger partial charge in [0.1, 0.15) is 10.8 Å². The number of amides is 1. The lowest BCUT2D eigenvalue weighted by atomic mass is 10.1. The van der Waals surface area contributed by atoms with E-state index in [1.807, 2.05) is 0 Å². The standard InChI is InChI=1S/C15H19Cl2NO3/c16-11-4-2-6-13(15(11)17)21-8-7-14(20)18-9-10-3-1-5-12(10)19/h2,4,6,10,12,19H,1,3,5,7-9H2,(H,18,20). The van der Waals surface area contributed by atoms with Crippen LogP contribution >= 0.6 is 23.2 Å². The molecule has 2 N–H and O–H groups in total. The molecule has 4 nitrogen and oxygen atoms in total. The number of carbonyl (C=O) groups is 1. The number of benzene rings is 1. The monoisotopic (exact) mass is 331 g/mol. The predicted octanol–water partition coefficient (Wildman–Crippen LogP) is 3.04. The molecule has 0 aliphatic heterocycles. The fourth-order valence-electron chi connectivity index (χ4n) is 2.44. The topological polar surface area (TPSA) is 58.6 Å². The molecule has 2 rings (SSSR count). The highest BCUT2D eigenvalue weighted by atomic mass is 35.5. The zero-order valence-corrected chi connectivity index (χ0v) is 13.2. The Morgan fingerprint density at radius 1 is 1.38 bits per heavy atom. The molecule has 0 aromatic heterocycles. The van der Waals surface area contributed by atoms with Gasteiger partial charge in [-0.2, -0.15) is 0 Å². The average Bonchev–Trinajstić information content (AvgIpc) is 2.87. The number of hydrogen-bond acceptors (Lipinski definition) is 3. The molecule has 1 saturated carbocycles. The van der Waals surface area contributed by atoms with Crippen LogP contribution in [0.1, 0.15) is 25.7 Å². The molecular weight excluding hydrogens is 313 g/mol. The molecule has 0 saturated heterocycles. The van der Waals surface area contributed by atoms with Crippen molar-refractivity contribution in [1.29, 1.82) is 0 Å². The first-order valence-corrected chi connectivity index (χ1v) is 7.85. The van der Waals surface area contributed by atoms with Gasteiger partial charge in [0.2, 0.25) is 5.91 Å². The Kier molecular flexibility index (Phi) is 6.15. The largest absolute Gasteiger partial charge is 0.491 e. The zero-order valence-electron chi connectivity index (χ0n) is 11.6. The van der Waals surface area contributed by atoms with Crippen molar-refractivity contribution in [2.75, 3.05) is 13.2 Å². The Hall–Kier alpha value is -0.970. The Bertz CT molecular complexity index is 496. The molecule has 1 aliphatic carbocycles. The number of nitrogens with one attached hydrogen (secondary N) is 1. The van der Waals surface area contributed by atoms with Crippen molar-refractivity contribution >= 4 is 29.1 Å². The maximum Gasteiger partial charge on any atom is 0.223 e. The van der Waals surface area contributed by atoms with E-state index in [0.29, 0.717) is 22.3 Å².